The maximum Gasteiger partial charge on any atom is 0.377 e. The van der Waals surface area contributed by atoms with Crippen molar-refractivity contribution in [3.63, 3.8) is 0 Å². The highest BCUT2D eigenvalue weighted by Gasteiger charge is 2.19. The van der Waals surface area contributed by atoms with Gasteiger partial charge in [0.2, 0.25) is 0 Å². The average Bonchev–Trinajstić information content (AvgIpc) is 2.48. The van der Waals surface area contributed by atoms with Crippen LogP contribution in [0.1, 0.15) is 20.7 Å². The summed E-state index contributed by atoms with van der Waals surface area (Å²) in [6.45, 7) is 0. The highest BCUT2D eigenvalue weighted by molar-refractivity contribution is 6.40. The molecule has 0 aliphatic carbocycles. The molecular weight excluding hydrogens is 260 g/mol. The second kappa shape index (κ2) is 5.79. The summed E-state index contributed by atoms with van der Waals surface area (Å²) in [5.74, 6) is -2.03. The van der Waals surface area contributed by atoms with Crippen molar-refractivity contribution in [1.29, 1.82) is 0 Å². The SMILES string of the molecule is O=Cc1ccc(Oc2ccccc2C(=O)C(=O)O)cc1. The van der Waals surface area contributed by atoms with Crippen LogP contribution in [0.3, 0.4) is 0 Å². The summed E-state index contributed by atoms with van der Waals surface area (Å²) in [6, 6.07) is 12.3. The molecule has 100 valence electrons. The molecule has 0 saturated carbocycles. The quantitative estimate of drug-likeness (QED) is 0.513. The largest absolute Gasteiger partial charge is 0.475 e. The lowest BCUT2D eigenvalue weighted by atomic mass is 10.1. The molecule has 0 saturated heterocycles. The molecule has 0 unspecified atom stereocenters. The predicted molar refractivity (Wildman–Crippen MR) is 70.3 cm³/mol. The Morgan fingerprint density at radius 2 is 1.65 bits per heavy atom. The molecule has 0 bridgehead atoms. The van der Waals surface area contributed by atoms with Gasteiger partial charge in [0.15, 0.2) is 0 Å². The van der Waals surface area contributed by atoms with Crippen molar-refractivity contribution in [1.82, 2.24) is 0 Å². The van der Waals surface area contributed by atoms with E-state index in [1.54, 1.807) is 36.4 Å². The molecule has 5 heteroatoms. The number of carboxylic acid groups (broad SMARTS) is 1. The molecule has 20 heavy (non-hydrogen) atoms. The van der Waals surface area contributed by atoms with Crippen LogP contribution in [0.5, 0.6) is 11.5 Å². The summed E-state index contributed by atoms with van der Waals surface area (Å²) in [7, 11) is 0. The number of para-hydroxylation sites is 1. The van der Waals surface area contributed by atoms with Crippen molar-refractivity contribution in [3.05, 3.63) is 59.7 Å². The van der Waals surface area contributed by atoms with Gasteiger partial charge in [-0.2, -0.15) is 0 Å². The number of aliphatic carboxylic acids is 1. The molecule has 0 fully saturated rings. The molecule has 0 aromatic heterocycles. The van der Waals surface area contributed by atoms with Gasteiger partial charge in [0, 0.05) is 5.56 Å². The van der Waals surface area contributed by atoms with Crippen LogP contribution in [0.4, 0.5) is 0 Å². The van der Waals surface area contributed by atoms with Crippen LogP contribution in [-0.4, -0.2) is 23.1 Å². The van der Waals surface area contributed by atoms with Gasteiger partial charge < -0.3 is 9.84 Å². The molecule has 1 N–H and O–H groups in total. The van der Waals surface area contributed by atoms with Crippen LogP contribution >= 0.6 is 0 Å². The van der Waals surface area contributed by atoms with E-state index in [1.165, 1.54) is 12.1 Å². The minimum Gasteiger partial charge on any atom is -0.475 e. The van der Waals surface area contributed by atoms with Crippen LogP contribution < -0.4 is 4.74 Å². The Balaban J connectivity index is 2.31. The average molecular weight is 270 g/mol. The van der Waals surface area contributed by atoms with E-state index >= 15 is 0 Å². The van der Waals surface area contributed by atoms with Crippen molar-refractivity contribution < 1.29 is 24.2 Å². The summed E-state index contributed by atoms with van der Waals surface area (Å²) in [6.07, 6.45) is 0.700. The Morgan fingerprint density at radius 3 is 2.25 bits per heavy atom. The van der Waals surface area contributed by atoms with Gasteiger partial charge in [-0.1, -0.05) is 12.1 Å². The van der Waals surface area contributed by atoms with Crippen LogP contribution in [0.15, 0.2) is 48.5 Å². The number of ether oxygens (including phenoxy) is 1. The van der Waals surface area contributed by atoms with Gasteiger partial charge in [-0.05, 0) is 36.4 Å². The second-order valence-electron chi connectivity index (χ2n) is 3.92. The van der Waals surface area contributed by atoms with Crippen molar-refractivity contribution in [2.45, 2.75) is 0 Å². The molecule has 2 rings (SSSR count). The number of ketones is 1. The van der Waals surface area contributed by atoms with E-state index in [1.807, 2.05) is 0 Å². The normalized spacial score (nSPS) is 9.80. The number of hydrogen-bond acceptors (Lipinski definition) is 4. The van der Waals surface area contributed by atoms with Crippen molar-refractivity contribution in [3.8, 4) is 11.5 Å². The summed E-state index contributed by atoms with van der Waals surface area (Å²) in [5.41, 5.74) is 0.465. The fourth-order valence-electron chi connectivity index (χ4n) is 1.60. The number of hydrogen-bond donors (Lipinski definition) is 1. The van der Waals surface area contributed by atoms with E-state index in [9.17, 15) is 14.4 Å². The third-order valence-electron chi connectivity index (χ3n) is 2.57. The maximum absolute atomic E-state index is 11.5. The van der Waals surface area contributed by atoms with Crippen LogP contribution in [-0.2, 0) is 4.79 Å². The number of carboxylic acids is 1. The van der Waals surface area contributed by atoms with Gasteiger partial charge in [0.1, 0.15) is 17.8 Å². The Hall–Kier alpha value is -2.95. The lowest BCUT2D eigenvalue weighted by molar-refractivity contribution is -0.131. The zero-order chi connectivity index (χ0) is 14.5. The molecule has 0 aliphatic heterocycles. The maximum atomic E-state index is 11.5. The molecule has 0 atom stereocenters. The fourth-order valence-corrected chi connectivity index (χ4v) is 1.60. The predicted octanol–water partition coefficient (Wildman–Crippen LogP) is 2.56. The lowest BCUT2D eigenvalue weighted by Gasteiger charge is -2.09. The molecule has 0 spiro atoms. The van der Waals surface area contributed by atoms with Gasteiger partial charge in [-0.25, -0.2) is 4.79 Å². The van der Waals surface area contributed by atoms with Gasteiger partial charge in [0.25, 0.3) is 5.78 Å². The first-order valence-corrected chi connectivity index (χ1v) is 5.71. The van der Waals surface area contributed by atoms with Gasteiger partial charge in [-0.3, -0.25) is 9.59 Å². The number of benzene rings is 2. The smallest absolute Gasteiger partial charge is 0.377 e. The zero-order valence-electron chi connectivity index (χ0n) is 10.3. The number of carbonyl (C=O) groups is 3. The van der Waals surface area contributed by atoms with Crippen LogP contribution in [0.25, 0.3) is 0 Å². The Morgan fingerprint density at radius 1 is 1.00 bits per heavy atom. The van der Waals surface area contributed by atoms with Gasteiger partial charge >= 0.3 is 5.97 Å². The summed E-state index contributed by atoms with van der Waals surface area (Å²) >= 11 is 0. The topological polar surface area (TPSA) is 80.7 Å². The minimum atomic E-state index is -1.54. The van der Waals surface area contributed by atoms with E-state index < -0.39 is 11.8 Å². The molecule has 2 aromatic carbocycles. The first-order chi connectivity index (χ1) is 9.61. The molecule has 0 amide bonds. The van der Waals surface area contributed by atoms with E-state index in [0.717, 1.165) is 0 Å². The first kappa shape index (κ1) is 13.5. The minimum absolute atomic E-state index is 0.0283. The zero-order valence-corrected chi connectivity index (χ0v) is 10.3. The second-order valence-corrected chi connectivity index (χ2v) is 3.92. The van der Waals surface area contributed by atoms with Crippen molar-refractivity contribution in [2.75, 3.05) is 0 Å². The highest BCUT2D eigenvalue weighted by atomic mass is 16.5. The number of Topliss-reactive ketones (excluding diaryl/α,β-unsaturated/α-hetero) is 1. The van der Waals surface area contributed by atoms with Gasteiger partial charge in [0.05, 0.1) is 5.56 Å². The molecule has 0 heterocycles. The van der Waals surface area contributed by atoms with Gasteiger partial charge in [-0.15, -0.1) is 0 Å². The van der Waals surface area contributed by atoms with Crippen molar-refractivity contribution >= 4 is 18.0 Å². The Kier molecular flexibility index (Phi) is 3.91. The van der Waals surface area contributed by atoms with E-state index in [2.05, 4.69) is 0 Å². The Bertz CT molecular complexity index is 658. The third-order valence-corrected chi connectivity index (χ3v) is 2.57. The fraction of sp³-hybridized carbons (Fsp3) is 0. The highest BCUT2D eigenvalue weighted by Crippen LogP contribution is 2.25. The van der Waals surface area contributed by atoms with E-state index in [0.29, 0.717) is 17.6 Å². The summed E-state index contributed by atoms with van der Waals surface area (Å²) in [5, 5.41) is 8.75. The number of carbonyl (C=O) groups excluding carboxylic acids is 2. The number of rotatable bonds is 5. The molecule has 0 aliphatic rings. The van der Waals surface area contributed by atoms with E-state index in [-0.39, 0.29) is 11.3 Å². The molecule has 5 nitrogen and oxygen atoms in total. The van der Waals surface area contributed by atoms with Crippen LogP contribution in [0, 0.1) is 0 Å². The molecule has 2 aromatic rings. The first-order valence-electron chi connectivity index (χ1n) is 5.71. The summed E-state index contributed by atoms with van der Waals surface area (Å²) < 4.78 is 5.48. The third kappa shape index (κ3) is 2.89. The van der Waals surface area contributed by atoms with Crippen LogP contribution in [0.2, 0.25) is 0 Å². The van der Waals surface area contributed by atoms with E-state index in [4.69, 9.17) is 9.84 Å². The Labute approximate surface area is 114 Å². The standard InChI is InChI=1S/C15H10O5/c16-9-10-5-7-11(8-6-10)20-13-4-2-1-3-12(13)14(17)15(18)19/h1-9H,(H,18,19). The van der Waals surface area contributed by atoms with Crippen molar-refractivity contribution in [2.24, 2.45) is 0 Å². The molecule has 0 radical (unpaired) electrons. The monoisotopic (exact) mass is 270 g/mol. The summed E-state index contributed by atoms with van der Waals surface area (Å²) in [4.78, 5) is 32.8. The number of aldehydes is 1. The lowest BCUT2D eigenvalue weighted by Crippen LogP contribution is -2.13. The molecular formula is C15H10O5.